The van der Waals surface area contributed by atoms with E-state index in [1.807, 2.05) is 0 Å². The standard InChI is InChI=1S/C12H21N/c1-12(2,3)9-8-10-4-6-11(13)7-5-10/h4-6,11H,7-9,13H2,1-3H3/t11-/m1/s1. The fraction of sp³-hybridized carbons (Fsp3) is 0.667. The van der Waals surface area contributed by atoms with E-state index < -0.39 is 0 Å². The highest BCUT2D eigenvalue weighted by molar-refractivity contribution is 5.24. The van der Waals surface area contributed by atoms with Crippen LogP contribution < -0.4 is 5.73 Å². The van der Waals surface area contributed by atoms with E-state index in [2.05, 4.69) is 39.0 Å². The Kier molecular flexibility index (Phi) is 3.32. The number of hydrogen-bond acceptors (Lipinski definition) is 1. The summed E-state index contributed by atoms with van der Waals surface area (Å²) in [7, 11) is 0. The first-order chi connectivity index (χ1) is 5.97. The van der Waals surface area contributed by atoms with E-state index in [1.165, 1.54) is 18.4 Å². The first kappa shape index (κ1) is 10.5. The highest BCUT2D eigenvalue weighted by Gasteiger charge is 2.11. The molecule has 0 spiro atoms. The van der Waals surface area contributed by atoms with Crippen molar-refractivity contribution in [2.24, 2.45) is 11.1 Å². The molecule has 0 bridgehead atoms. The van der Waals surface area contributed by atoms with Gasteiger partial charge in [-0.25, -0.2) is 0 Å². The summed E-state index contributed by atoms with van der Waals surface area (Å²) in [6.45, 7) is 6.85. The molecular weight excluding hydrogens is 158 g/mol. The topological polar surface area (TPSA) is 26.0 Å². The minimum absolute atomic E-state index is 0.249. The van der Waals surface area contributed by atoms with Gasteiger partial charge in [0.1, 0.15) is 0 Å². The summed E-state index contributed by atoms with van der Waals surface area (Å²) in [4.78, 5) is 0. The Morgan fingerprint density at radius 1 is 1.46 bits per heavy atom. The molecule has 0 radical (unpaired) electrons. The summed E-state index contributed by atoms with van der Waals surface area (Å²) < 4.78 is 0. The number of rotatable bonds is 2. The van der Waals surface area contributed by atoms with Gasteiger partial charge in [0.05, 0.1) is 0 Å². The van der Waals surface area contributed by atoms with Crippen molar-refractivity contribution in [2.75, 3.05) is 0 Å². The van der Waals surface area contributed by atoms with Crippen LogP contribution in [0.2, 0.25) is 0 Å². The summed E-state index contributed by atoms with van der Waals surface area (Å²) in [5.41, 5.74) is 7.64. The van der Waals surface area contributed by atoms with Crippen LogP contribution in [0.5, 0.6) is 0 Å². The van der Waals surface area contributed by atoms with Gasteiger partial charge in [0.15, 0.2) is 0 Å². The maximum absolute atomic E-state index is 5.75. The van der Waals surface area contributed by atoms with Crippen LogP contribution in [0.3, 0.4) is 0 Å². The maximum Gasteiger partial charge on any atom is 0.0262 e. The Bertz CT molecular complexity index is 218. The van der Waals surface area contributed by atoms with Gasteiger partial charge in [-0.15, -0.1) is 0 Å². The van der Waals surface area contributed by atoms with Gasteiger partial charge in [-0.2, -0.15) is 0 Å². The highest BCUT2D eigenvalue weighted by atomic mass is 14.6. The number of allylic oxidation sites excluding steroid dienone is 2. The largest absolute Gasteiger partial charge is 0.324 e. The van der Waals surface area contributed by atoms with Gasteiger partial charge >= 0.3 is 0 Å². The molecule has 1 aliphatic carbocycles. The van der Waals surface area contributed by atoms with E-state index in [-0.39, 0.29) is 6.04 Å². The van der Waals surface area contributed by atoms with Gasteiger partial charge in [-0.05, 0) is 24.7 Å². The lowest BCUT2D eigenvalue weighted by atomic mass is 9.87. The summed E-state index contributed by atoms with van der Waals surface area (Å²) in [6, 6.07) is 0.249. The molecule has 0 unspecified atom stereocenters. The Morgan fingerprint density at radius 3 is 2.62 bits per heavy atom. The van der Waals surface area contributed by atoms with Crippen LogP contribution >= 0.6 is 0 Å². The summed E-state index contributed by atoms with van der Waals surface area (Å²) in [5, 5.41) is 0. The molecule has 0 aliphatic heterocycles. The molecule has 1 rings (SSSR count). The van der Waals surface area contributed by atoms with Crippen LogP contribution in [0.15, 0.2) is 23.8 Å². The first-order valence-corrected chi connectivity index (χ1v) is 5.10. The van der Waals surface area contributed by atoms with Crippen LogP contribution in [-0.2, 0) is 0 Å². The monoisotopic (exact) mass is 179 g/mol. The number of nitrogens with two attached hydrogens (primary N) is 1. The average molecular weight is 179 g/mol. The van der Waals surface area contributed by atoms with Crippen LogP contribution in [0, 0.1) is 5.41 Å². The fourth-order valence-electron chi connectivity index (χ4n) is 1.39. The predicted octanol–water partition coefficient (Wildman–Crippen LogP) is 3.03. The van der Waals surface area contributed by atoms with Gasteiger partial charge < -0.3 is 5.73 Å². The molecule has 0 aromatic carbocycles. The van der Waals surface area contributed by atoms with E-state index in [9.17, 15) is 0 Å². The SMILES string of the molecule is CC(C)(C)CCC1=CC[C@H](N)C=C1. The molecule has 2 N–H and O–H groups in total. The van der Waals surface area contributed by atoms with Crippen molar-refractivity contribution >= 4 is 0 Å². The van der Waals surface area contributed by atoms with Crippen LogP contribution in [0.25, 0.3) is 0 Å². The molecule has 74 valence electrons. The second-order valence-electron chi connectivity index (χ2n) is 5.10. The van der Waals surface area contributed by atoms with E-state index in [1.54, 1.807) is 0 Å². The third-order valence-electron chi connectivity index (χ3n) is 2.37. The van der Waals surface area contributed by atoms with E-state index in [4.69, 9.17) is 5.73 Å². The Morgan fingerprint density at radius 2 is 2.15 bits per heavy atom. The van der Waals surface area contributed by atoms with Gasteiger partial charge in [0, 0.05) is 6.04 Å². The summed E-state index contributed by atoms with van der Waals surface area (Å²) in [6.07, 6.45) is 10.0. The first-order valence-electron chi connectivity index (χ1n) is 5.10. The quantitative estimate of drug-likeness (QED) is 0.692. The van der Waals surface area contributed by atoms with Crippen molar-refractivity contribution in [2.45, 2.75) is 46.1 Å². The second-order valence-corrected chi connectivity index (χ2v) is 5.10. The van der Waals surface area contributed by atoms with Crippen LogP contribution in [-0.4, -0.2) is 6.04 Å². The molecule has 1 nitrogen and oxygen atoms in total. The van der Waals surface area contributed by atoms with Gasteiger partial charge in [-0.3, -0.25) is 0 Å². The molecule has 13 heavy (non-hydrogen) atoms. The Hall–Kier alpha value is -0.560. The van der Waals surface area contributed by atoms with Crippen LogP contribution in [0.4, 0.5) is 0 Å². The maximum atomic E-state index is 5.75. The van der Waals surface area contributed by atoms with Crippen molar-refractivity contribution in [3.8, 4) is 0 Å². The van der Waals surface area contributed by atoms with Crippen molar-refractivity contribution in [3.63, 3.8) is 0 Å². The average Bonchev–Trinajstić information content (AvgIpc) is 2.02. The molecule has 1 heteroatoms. The zero-order valence-corrected chi connectivity index (χ0v) is 9.01. The van der Waals surface area contributed by atoms with E-state index >= 15 is 0 Å². The third kappa shape index (κ3) is 4.28. The lowest BCUT2D eigenvalue weighted by Gasteiger charge is -2.19. The molecule has 0 aromatic rings. The van der Waals surface area contributed by atoms with E-state index in [0.29, 0.717) is 5.41 Å². The van der Waals surface area contributed by atoms with Crippen molar-refractivity contribution in [3.05, 3.63) is 23.8 Å². The molecular formula is C12H21N. The smallest absolute Gasteiger partial charge is 0.0262 e. The molecule has 1 aliphatic rings. The van der Waals surface area contributed by atoms with Gasteiger partial charge in [0.2, 0.25) is 0 Å². The number of hydrogen-bond donors (Lipinski definition) is 1. The molecule has 0 amide bonds. The Labute approximate surface area is 81.7 Å². The van der Waals surface area contributed by atoms with Crippen LogP contribution in [0.1, 0.15) is 40.0 Å². The minimum Gasteiger partial charge on any atom is -0.324 e. The lowest BCUT2D eigenvalue weighted by Crippen LogP contribution is -2.17. The predicted molar refractivity (Wildman–Crippen MR) is 58.5 cm³/mol. The second kappa shape index (κ2) is 4.10. The molecule has 0 aromatic heterocycles. The van der Waals surface area contributed by atoms with E-state index in [0.717, 1.165) is 6.42 Å². The summed E-state index contributed by atoms with van der Waals surface area (Å²) >= 11 is 0. The zero-order valence-electron chi connectivity index (χ0n) is 9.01. The highest BCUT2D eigenvalue weighted by Crippen LogP contribution is 2.25. The summed E-state index contributed by atoms with van der Waals surface area (Å²) in [5.74, 6) is 0. The van der Waals surface area contributed by atoms with Gasteiger partial charge in [-0.1, -0.05) is 44.6 Å². The normalized spacial score (nSPS) is 23.1. The molecule has 0 fully saturated rings. The lowest BCUT2D eigenvalue weighted by molar-refractivity contribution is 0.378. The fourth-order valence-corrected chi connectivity index (χ4v) is 1.39. The Balaban J connectivity index is 2.36. The molecule has 0 saturated carbocycles. The van der Waals surface area contributed by atoms with Crippen molar-refractivity contribution in [1.82, 2.24) is 0 Å². The minimum atomic E-state index is 0.249. The molecule has 1 atom stereocenters. The molecule has 0 heterocycles. The molecule has 0 saturated heterocycles. The van der Waals surface area contributed by atoms with Gasteiger partial charge in [0.25, 0.3) is 0 Å². The zero-order chi connectivity index (χ0) is 9.90. The third-order valence-corrected chi connectivity index (χ3v) is 2.37. The van der Waals surface area contributed by atoms with Crippen molar-refractivity contribution in [1.29, 1.82) is 0 Å². The van der Waals surface area contributed by atoms with Crippen molar-refractivity contribution < 1.29 is 0 Å².